The zero-order valence-corrected chi connectivity index (χ0v) is 20.6. The van der Waals surface area contributed by atoms with E-state index in [1.54, 1.807) is 16.8 Å². The smallest absolute Gasteiger partial charge is 0.431 e. The van der Waals surface area contributed by atoms with Gasteiger partial charge in [-0.2, -0.15) is 18.3 Å². The molecule has 34 heavy (non-hydrogen) atoms. The van der Waals surface area contributed by atoms with Gasteiger partial charge in [0.05, 0.1) is 17.8 Å². The number of nitrogens with one attached hydrogen (secondary N) is 1. The third-order valence-corrected chi connectivity index (χ3v) is 6.85. The van der Waals surface area contributed by atoms with Crippen LogP contribution >= 0.6 is 11.6 Å². The van der Waals surface area contributed by atoms with E-state index < -0.39 is 11.9 Å². The average Bonchev–Trinajstić information content (AvgIpc) is 3.26. The third-order valence-electron chi connectivity index (χ3n) is 6.25. The molecule has 4 rings (SSSR count). The van der Waals surface area contributed by atoms with Crippen molar-refractivity contribution >= 4 is 22.5 Å². The summed E-state index contributed by atoms with van der Waals surface area (Å²) in [6.45, 7) is 7.87. The molecule has 2 aromatic heterocycles. The molecular formula is C26H27ClF3N3O. The molecule has 2 heterocycles. The van der Waals surface area contributed by atoms with Gasteiger partial charge in [0.15, 0.2) is 0 Å². The zero-order chi connectivity index (χ0) is 24.8. The van der Waals surface area contributed by atoms with Crippen molar-refractivity contribution in [2.75, 3.05) is 6.61 Å². The van der Waals surface area contributed by atoms with E-state index in [0.717, 1.165) is 33.6 Å². The maximum absolute atomic E-state index is 14.0. The lowest BCUT2D eigenvalue weighted by atomic mass is 9.98. The molecular weight excluding hydrogens is 463 g/mol. The minimum Gasteiger partial charge on any atom is -0.494 e. The summed E-state index contributed by atoms with van der Waals surface area (Å²) < 4.78 is 49.5. The number of halogens is 4. The molecule has 180 valence electrons. The fraction of sp³-hybridized carbons (Fsp3) is 0.346. The second kappa shape index (κ2) is 9.02. The third kappa shape index (κ3) is 4.41. The second-order valence-electron chi connectivity index (χ2n) is 8.70. The number of rotatable bonds is 6. The van der Waals surface area contributed by atoms with Gasteiger partial charge in [-0.15, -0.1) is 0 Å². The van der Waals surface area contributed by atoms with E-state index in [1.165, 1.54) is 0 Å². The number of alkyl halides is 3. The van der Waals surface area contributed by atoms with Crippen LogP contribution in [0.5, 0.6) is 5.75 Å². The number of H-pyrrole nitrogens is 1. The number of benzene rings is 2. The van der Waals surface area contributed by atoms with Crippen molar-refractivity contribution < 1.29 is 17.9 Å². The van der Waals surface area contributed by atoms with Gasteiger partial charge in [0.25, 0.3) is 0 Å². The molecule has 0 amide bonds. The Kier molecular flexibility index (Phi) is 6.42. The van der Waals surface area contributed by atoms with Gasteiger partial charge in [-0.25, -0.2) is 0 Å². The van der Waals surface area contributed by atoms with Gasteiger partial charge < -0.3 is 9.72 Å². The van der Waals surface area contributed by atoms with Crippen LogP contribution in [0.15, 0.2) is 30.3 Å². The molecule has 0 fully saturated rings. The summed E-state index contributed by atoms with van der Waals surface area (Å²) in [7, 11) is 1.83. The van der Waals surface area contributed by atoms with Gasteiger partial charge >= 0.3 is 6.18 Å². The Morgan fingerprint density at radius 1 is 1.09 bits per heavy atom. The standard InChI is InChI=1S/C26H27ClF3N3O/c1-14-12-18(13-15(2)23(14)27)34-11-7-10-20-19-8-6-9-21(22-16(3)32-33(5)17(22)4)24(19)31-25(20)26(28,29)30/h6,8-9,12-13,31H,7,10-11H2,1-5H3. The maximum Gasteiger partial charge on any atom is 0.431 e. The van der Waals surface area contributed by atoms with E-state index in [4.69, 9.17) is 16.3 Å². The Labute approximate surface area is 201 Å². The quantitative estimate of drug-likeness (QED) is 0.285. The summed E-state index contributed by atoms with van der Waals surface area (Å²) in [4.78, 5) is 2.70. The van der Waals surface area contributed by atoms with E-state index in [2.05, 4.69) is 10.1 Å². The SMILES string of the molecule is Cc1cc(OCCCc2c(C(F)(F)F)[nH]c3c(-c4c(C)nn(C)c4C)cccc23)cc(C)c1Cl. The Bertz CT molecular complexity index is 1350. The Balaban J connectivity index is 1.66. The van der Waals surface area contributed by atoms with Crippen LogP contribution in [0.3, 0.4) is 0 Å². The fourth-order valence-electron chi connectivity index (χ4n) is 4.58. The Hall–Kier alpha value is -2.93. The van der Waals surface area contributed by atoms with Crippen LogP contribution in [0.4, 0.5) is 13.2 Å². The summed E-state index contributed by atoms with van der Waals surface area (Å²) in [5.74, 6) is 0.666. The van der Waals surface area contributed by atoms with E-state index in [0.29, 0.717) is 34.7 Å². The normalized spacial score (nSPS) is 12.0. The molecule has 0 aliphatic carbocycles. The van der Waals surface area contributed by atoms with Crippen molar-refractivity contribution in [2.24, 2.45) is 7.05 Å². The van der Waals surface area contributed by atoms with Crippen LogP contribution in [0.2, 0.25) is 5.02 Å². The van der Waals surface area contributed by atoms with Gasteiger partial charge in [0.1, 0.15) is 11.4 Å². The number of aryl methyl sites for hydroxylation is 5. The van der Waals surface area contributed by atoms with E-state index in [9.17, 15) is 13.2 Å². The van der Waals surface area contributed by atoms with Crippen molar-refractivity contribution in [2.45, 2.75) is 46.7 Å². The number of aromatic nitrogens is 3. The van der Waals surface area contributed by atoms with Crippen LogP contribution < -0.4 is 4.74 Å². The van der Waals surface area contributed by atoms with Gasteiger partial charge in [-0.3, -0.25) is 4.68 Å². The fourth-order valence-corrected chi connectivity index (χ4v) is 4.68. The summed E-state index contributed by atoms with van der Waals surface area (Å²) in [5, 5.41) is 5.70. The molecule has 0 unspecified atom stereocenters. The number of para-hydroxylation sites is 1. The Morgan fingerprint density at radius 2 is 1.76 bits per heavy atom. The summed E-state index contributed by atoms with van der Waals surface area (Å²) in [6, 6.07) is 9.07. The molecule has 0 radical (unpaired) electrons. The number of nitrogens with zero attached hydrogens (tertiary/aromatic N) is 2. The van der Waals surface area contributed by atoms with Gasteiger partial charge in [0, 0.05) is 34.3 Å². The molecule has 8 heteroatoms. The first-order chi connectivity index (χ1) is 16.0. The molecule has 0 atom stereocenters. The van der Waals surface area contributed by atoms with Crippen LogP contribution in [0.1, 0.15) is 40.2 Å². The topological polar surface area (TPSA) is 42.8 Å². The van der Waals surface area contributed by atoms with Gasteiger partial charge in [0.2, 0.25) is 0 Å². The summed E-state index contributed by atoms with van der Waals surface area (Å²) in [5.41, 5.74) is 5.10. The minimum atomic E-state index is -4.49. The lowest BCUT2D eigenvalue weighted by Gasteiger charge is -2.11. The monoisotopic (exact) mass is 489 g/mol. The first-order valence-corrected chi connectivity index (χ1v) is 11.5. The molecule has 4 nitrogen and oxygen atoms in total. The molecule has 0 saturated carbocycles. The lowest BCUT2D eigenvalue weighted by molar-refractivity contribution is -0.141. The molecule has 4 aromatic rings. The first kappa shape index (κ1) is 24.2. The minimum absolute atomic E-state index is 0.231. The average molecular weight is 490 g/mol. The van der Waals surface area contributed by atoms with E-state index in [1.807, 2.05) is 52.9 Å². The largest absolute Gasteiger partial charge is 0.494 e. The number of hydrogen-bond acceptors (Lipinski definition) is 2. The Morgan fingerprint density at radius 3 is 2.35 bits per heavy atom. The molecule has 1 N–H and O–H groups in total. The molecule has 0 saturated heterocycles. The van der Waals surface area contributed by atoms with Crippen molar-refractivity contribution in [3.63, 3.8) is 0 Å². The predicted molar refractivity (Wildman–Crippen MR) is 130 cm³/mol. The van der Waals surface area contributed by atoms with E-state index in [-0.39, 0.29) is 12.0 Å². The highest BCUT2D eigenvalue weighted by Crippen LogP contribution is 2.40. The molecule has 0 spiro atoms. The number of ether oxygens (including phenoxy) is 1. The first-order valence-electron chi connectivity index (χ1n) is 11.1. The summed E-state index contributed by atoms with van der Waals surface area (Å²) in [6.07, 6.45) is -3.82. The predicted octanol–water partition coefficient (Wildman–Crippen LogP) is 7.49. The summed E-state index contributed by atoms with van der Waals surface area (Å²) >= 11 is 6.20. The second-order valence-corrected chi connectivity index (χ2v) is 9.07. The van der Waals surface area contributed by atoms with Crippen LogP contribution in [-0.4, -0.2) is 21.4 Å². The molecule has 0 aliphatic heterocycles. The van der Waals surface area contributed by atoms with Crippen LogP contribution in [-0.2, 0) is 19.6 Å². The number of hydrogen-bond donors (Lipinski definition) is 1. The van der Waals surface area contributed by atoms with Gasteiger partial charge in [-0.1, -0.05) is 29.8 Å². The van der Waals surface area contributed by atoms with Gasteiger partial charge in [-0.05, 0) is 69.4 Å². The van der Waals surface area contributed by atoms with Crippen molar-refractivity contribution in [1.82, 2.24) is 14.8 Å². The van der Waals surface area contributed by atoms with E-state index >= 15 is 0 Å². The highest BCUT2D eigenvalue weighted by molar-refractivity contribution is 6.32. The molecule has 0 bridgehead atoms. The van der Waals surface area contributed by atoms with Crippen molar-refractivity contribution in [1.29, 1.82) is 0 Å². The zero-order valence-electron chi connectivity index (χ0n) is 19.8. The van der Waals surface area contributed by atoms with Crippen LogP contribution in [0.25, 0.3) is 22.0 Å². The highest BCUT2D eigenvalue weighted by atomic mass is 35.5. The van der Waals surface area contributed by atoms with Crippen molar-refractivity contribution in [3.8, 4) is 16.9 Å². The molecule has 0 aliphatic rings. The maximum atomic E-state index is 14.0. The highest BCUT2D eigenvalue weighted by Gasteiger charge is 2.36. The molecule has 2 aromatic carbocycles. The van der Waals surface area contributed by atoms with Crippen molar-refractivity contribution in [3.05, 3.63) is 69.1 Å². The number of fused-ring (bicyclic) bond motifs is 1. The number of aromatic amines is 1. The lowest BCUT2D eigenvalue weighted by Crippen LogP contribution is -2.10. The van der Waals surface area contributed by atoms with Crippen LogP contribution in [0, 0.1) is 27.7 Å².